The molecular formula is C12H8BrClN4O2S. The van der Waals surface area contributed by atoms with Crippen molar-refractivity contribution in [3.63, 3.8) is 0 Å². The second-order valence-electron chi connectivity index (χ2n) is 4.22. The molecule has 0 amide bonds. The molecule has 2 N–H and O–H groups in total. The molecule has 0 saturated heterocycles. The Morgan fingerprint density at radius 1 is 1.24 bits per heavy atom. The normalized spacial score (nSPS) is 11.7. The number of pyridine rings is 1. The Morgan fingerprint density at radius 2 is 2.05 bits per heavy atom. The second kappa shape index (κ2) is 5.28. The minimum Gasteiger partial charge on any atom is -0.280 e. The first kappa shape index (κ1) is 14.3. The van der Waals surface area contributed by atoms with E-state index in [0.29, 0.717) is 10.2 Å². The molecule has 0 unspecified atom stereocenters. The summed E-state index contributed by atoms with van der Waals surface area (Å²) in [4.78, 5) is 3.72. The van der Waals surface area contributed by atoms with Crippen LogP contribution in [0, 0.1) is 0 Å². The van der Waals surface area contributed by atoms with Crippen LogP contribution in [-0.4, -0.2) is 23.6 Å². The van der Waals surface area contributed by atoms with Crippen LogP contribution < -0.4 is 4.72 Å². The number of sulfonamides is 1. The Morgan fingerprint density at radius 3 is 2.86 bits per heavy atom. The average molecular weight is 388 g/mol. The molecule has 0 aliphatic carbocycles. The molecule has 0 bridgehead atoms. The Balaban J connectivity index is 2.00. The van der Waals surface area contributed by atoms with Gasteiger partial charge in [0.25, 0.3) is 10.0 Å². The third-order valence-corrected chi connectivity index (χ3v) is 5.00. The van der Waals surface area contributed by atoms with Crippen LogP contribution >= 0.6 is 27.5 Å². The molecule has 2 heterocycles. The molecule has 3 aromatic rings. The first-order valence-corrected chi connectivity index (χ1v) is 8.38. The molecule has 108 valence electrons. The molecule has 3 rings (SSSR count). The molecule has 0 saturated carbocycles. The number of anilines is 1. The topological polar surface area (TPSA) is 87.7 Å². The van der Waals surface area contributed by atoms with E-state index >= 15 is 0 Å². The highest BCUT2D eigenvalue weighted by Gasteiger charge is 2.19. The highest BCUT2D eigenvalue weighted by molar-refractivity contribution is 9.10. The summed E-state index contributed by atoms with van der Waals surface area (Å²) in [6.07, 6.45) is 3.04. The average Bonchev–Trinajstić information content (AvgIpc) is 2.88. The molecule has 0 aliphatic rings. The predicted octanol–water partition coefficient (Wildman–Crippen LogP) is 3.17. The van der Waals surface area contributed by atoms with E-state index in [9.17, 15) is 8.42 Å². The Labute approximate surface area is 133 Å². The van der Waals surface area contributed by atoms with Crippen molar-refractivity contribution in [3.05, 3.63) is 46.3 Å². The first-order valence-electron chi connectivity index (χ1n) is 5.73. The zero-order chi connectivity index (χ0) is 15.0. The summed E-state index contributed by atoms with van der Waals surface area (Å²) in [5.41, 5.74) is 1.24. The van der Waals surface area contributed by atoms with E-state index in [-0.39, 0.29) is 10.0 Å². The van der Waals surface area contributed by atoms with Crippen LogP contribution in [0.2, 0.25) is 5.15 Å². The molecule has 0 spiro atoms. The monoisotopic (exact) mass is 386 g/mol. The smallest absolute Gasteiger partial charge is 0.265 e. The van der Waals surface area contributed by atoms with Gasteiger partial charge in [-0.05, 0) is 40.2 Å². The minimum atomic E-state index is -3.82. The number of nitrogens with one attached hydrogen (secondary N) is 2. The molecule has 9 heteroatoms. The quantitative estimate of drug-likeness (QED) is 0.676. The second-order valence-corrected chi connectivity index (χ2v) is 7.14. The summed E-state index contributed by atoms with van der Waals surface area (Å²) in [5.74, 6) is 0. The lowest BCUT2D eigenvalue weighted by molar-refractivity contribution is 0.601. The molecule has 6 nitrogen and oxygen atoms in total. The number of hydrogen-bond acceptors (Lipinski definition) is 4. The van der Waals surface area contributed by atoms with Crippen molar-refractivity contribution in [1.82, 2.24) is 15.2 Å². The van der Waals surface area contributed by atoms with E-state index in [1.165, 1.54) is 12.3 Å². The van der Waals surface area contributed by atoms with Gasteiger partial charge in [-0.2, -0.15) is 5.10 Å². The van der Waals surface area contributed by atoms with Crippen molar-refractivity contribution in [2.75, 3.05) is 4.72 Å². The molecule has 2 aromatic heterocycles. The van der Waals surface area contributed by atoms with Crippen LogP contribution in [0.3, 0.4) is 0 Å². The van der Waals surface area contributed by atoms with E-state index in [1.54, 1.807) is 24.4 Å². The van der Waals surface area contributed by atoms with Gasteiger partial charge in [0.2, 0.25) is 0 Å². The van der Waals surface area contributed by atoms with Crippen molar-refractivity contribution in [2.45, 2.75) is 4.90 Å². The SMILES string of the molecule is O=S(=O)(Nc1ccc2[nH]ncc2c1)c1cc(Br)cnc1Cl. The third kappa shape index (κ3) is 2.87. The molecular weight excluding hydrogens is 380 g/mol. The van der Waals surface area contributed by atoms with E-state index in [1.807, 2.05) is 0 Å². The summed E-state index contributed by atoms with van der Waals surface area (Å²) in [6, 6.07) is 6.45. The Kier molecular flexibility index (Phi) is 3.60. The molecule has 0 aliphatic heterocycles. The van der Waals surface area contributed by atoms with Gasteiger partial charge in [0.1, 0.15) is 10.0 Å². The summed E-state index contributed by atoms with van der Waals surface area (Å²) >= 11 is 9.03. The Hall–Kier alpha value is -1.64. The van der Waals surface area contributed by atoms with Crippen molar-refractivity contribution < 1.29 is 8.42 Å². The van der Waals surface area contributed by atoms with E-state index in [4.69, 9.17) is 11.6 Å². The number of H-pyrrole nitrogens is 1. The molecule has 0 atom stereocenters. The van der Waals surface area contributed by atoms with E-state index in [2.05, 4.69) is 35.8 Å². The van der Waals surface area contributed by atoms with Gasteiger partial charge in [0.15, 0.2) is 0 Å². The third-order valence-electron chi connectivity index (χ3n) is 2.76. The fraction of sp³-hybridized carbons (Fsp3) is 0. The van der Waals surface area contributed by atoms with Gasteiger partial charge >= 0.3 is 0 Å². The van der Waals surface area contributed by atoms with Crippen LogP contribution in [0.15, 0.2) is 46.0 Å². The number of hydrogen-bond donors (Lipinski definition) is 2. The highest BCUT2D eigenvalue weighted by Crippen LogP contribution is 2.26. The zero-order valence-electron chi connectivity index (χ0n) is 10.3. The van der Waals surface area contributed by atoms with Crippen LogP contribution in [0.5, 0.6) is 0 Å². The number of halogens is 2. The van der Waals surface area contributed by atoms with Gasteiger partial charge in [-0.1, -0.05) is 11.6 Å². The van der Waals surface area contributed by atoms with Gasteiger partial charge in [-0.25, -0.2) is 13.4 Å². The molecule has 0 radical (unpaired) electrons. The predicted molar refractivity (Wildman–Crippen MR) is 83.8 cm³/mol. The maximum absolute atomic E-state index is 12.4. The summed E-state index contributed by atoms with van der Waals surface area (Å²) in [7, 11) is -3.82. The lowest BCUT2D eigenvalue weighted by Crippen LogP contribution is -2.14. The highest BCUT2D eigenvalue weighted by atomic mass is 79.9. The largest absolute Gasteiger partial charge is 0.280 e. The van der Waals surface area contributed by atoms with E-state index in [0.717, 1.165) is 10.9 Å². The number of aromatic nitrogens is 3. The van der Waals surface area contributed by atoms with Crippen molar-refractivity contribution in [2.24, 2.45) is 0 Å². The number of fused-ring (bicyclic) bond motifs is 1. The van der Waals surface area contributed by atoms with Gasteiger partial charge in [-0.15, -0.1) is 0 Å². The van der Waals surface area contributed by atoms with Crippen LogP contribution in [0.4, 0.5) is 5.69 Å². The minimum absolute atomic E-state index is 0.0879. The first-order chi connectivity index (χ1) is 9.95. The van der Waals surface area contributed by atoms with Gasteiger partial charge < -0.3 is 0 Å². The van der Waals surface area contributed by atoms with Gasteiger partial charge in [0.05, 0.1) is 11.7 Å². The van der Waals surface area contributed by atoms with Crippen molar-refractivity contribution in [1.29, 1.82) is 0 Å². The van der Waals surface area contributed by atoms with Crippen LogP contribution in [-0.2, 0) is 10.0 Å². The van der Waals surface area contributed by atoms with Crippen molar-refractivity contribution >= 4 is 54.1 Å². The van der Waals surface area contributed by atoms with Crippen LogP contribution in [0.1, 0.15) is 0 Å². The maximum atomic E-state index is 12.4. The van der Waals surface area contributed by atoms with Gasteiger partial charge in [-0.3, -0.25) is 9.82 Å². The fourth-order valence-corrected chi connectivity index (χ4v) is 3.80. The fourth-order valence-electron chi connectivity index (χ4n) is 1.81. The lowest BCUT2D eigenvalue weighted by Gasteiger charge is -2.09. The summed E-state index contributed by atoms with van der Waals surface area (Å²) < 4.78 is 27.7. The molecule has 21 heavy (non-hydrogen) atoms. The number of rotatable bonds is 3. The summed E-state index contributed by atoms with van der Waals surface area (Å²) in [5, 5.41) is 7.39. The number of aromatic amines is 1. The Bertz CT molecular complexity index is 926. The lowest BCUT2D eigenvalue weighted by atomic mass is 10.2. The number of benzene rings is 1. The summed E-state index contributed by atoms with van der Waals surface area (Å²) in [6.45, 7) is 0. The maximum Gasteiger partial charge on any atom is 0.265 e. The van der Waals surface area contributed by atoms with Gasteiger partial charge in [0, 0.05) is 21.7 Å². The van der Waals surface area contributed by atoms with Crippen LogP contribution in [0.25, 0.3) is 10.9 Å². The van der Waals surface area contributed by atoms with Crippen molar-refractivity contribution in [3.8, 4) is 0 Å². The number of nitrogens with zero attached hydrogens (tertiary/aromatic N) is 2. The molecule has 1 aromatic carbocycles. The molecule has 0 fully saturated rings. The van der Waals surface area contributed by atoms with E-state index < -0.39 is 10.0 Å². The standard InChI is InChI=1S/C12H8BrClN4O2S/c13-8-4-11(12(14)15-6-8)21(19,20)18-9-1-2-10-7(3-9)5-16-17-10/h1-6,18H,(H,16,17). The zero-order valence-corrected chi connectivity index (χ0v) is 13.5.